The minimum Gasteiger partial charge on any atom is -0.468 e. The lowest BCUT2D eigenvalue weighted by molar-refractivity contribution is -0.144. The van der Waals surface area contributed by atoms with Crippen LogP contribution in [0.2, 0.25) is 0 Å². The first-order valence-corrected chi connectivity index (χ1v) is 7.55. The van der Waals surface area contributed by atoms with Crippen LogP contribution >= 0.6 is 0 Å². The molecule has 20 heavy (non-hydrogen) atoms. The quantitative estimate of drug-likeness (QED) is 0.677. The van der Waals surface area contributed by atoms with Crippen LogP contribution in [0, 0.1) is 5.92 Å². The first kappa shape index (κ1) is 15.0. The van der Waals surface area contributed by atoms with Gasteiger partial charge in [0.25, 0.3) is 0 Å². The van der Waals surface area contributed by atoms with Crippen LogP contribution in [0.25, 0.3) is 0 Å². The average Bonchev–Trinajstić information content (AvgIpc) is 2.66. The van der Waals surface area contributed by atoms with E-state index in [0.717, 1.165) is 12.8 Å². The van der Waals surface area contributed by atoms with E-state index in [9.17, 15) is 4.79 Å². The Morgan fingerprint density at radius 2 is 2.05 bits per heavy atom. The van der Waals surface area contributed by atoms with Gasteiger partial charge in [-0.2, -0.15) is 0 Å². The van der Waals surface area contributed by atoms with Crippen LogP contribution in [-0.2, 0) is 16.0 Å². The SMILES string of the molecule is COC(=O)[C@@H](NC1CCCCc2ccccc21)C(C)C. The van der Waals surface area contributed by atoms with Gasteiger partial charge >= 0.3 is 5.97 Å². The highest BCUT2D eigenvalue weighted by atomic mass is 16.5. The van der Waals surface area contributed by atoms with E-state index in [0.29, 0.717) is 0 Å². The van der Waals surface area contributed by atoms with Crippen molar-refractivity contribution in [1.29, 1.82) is 0 Å². The molecule has 0 aliphatic heterocycles. The molecule has 1 N–H and O–H groups in total. The van der Waals surface area contributed by atoms with Crippen LogP contribution in [0.5, 0.6) is 0 Å². The molecule has 2 rings (SSSR count). The molecular weight excluding hydrogens is 250 g/mol. The summed E-state index contributed by atoms with van der Waals surface area (Å²) < 4.78 is 4.93. The lowest BCUT2D eigenvalue weighted by atomic mass is 9.96. The molecule has 1 aliphatic carbocycles. The topological polar surface area (TPSA) is 38.3 Å². The number of hydrogen-bond donors (Lipinski definition) is 1. The number of ether oxygens (including phenoxy) is 1. The van der Waals surface area contributed by atoms with Crippen molar-refractivity contribution in [3.8, 4) is 0 Å². The fourth-order valence-electron chi connectivity index (χ4n) is 2.97. The zero-order valence-electron chi connectivity index (χ0n) is 12.7. The van der Waals surface area contributed by atoms with Crippen LogP contribution in [0.1, 0.15) is 50.3 Å². The maximum Gasteiger partial charge on any atom is 0.323 e. The van der Waals surface area contributed by atoms with Gasteiger partial charge in [0, 0.05) is 6.04 Å². The molecule has 1 aromatic rings. The predicted octanol–water partition coefficient (Wildman–Crippen LogP) is 3.24. The summed E-state index contributed by atoms with van der Waals surface area (Å²) in [6.07, 6.45) is 4.63. The Bertz CT molecular complexity index is 456. The minimum atomic E-state index is -0.240. The van der Waals surface area contributed by atoms with E-state index >= 15 is 0 Å². The lowest BCUT2D eigenvalue weighted by Gasteiger charge is -2.27. The number of carbonyl (C=O) groups is 1. The van der Waals surface area contributed by atoms with Crippen molar-refractivity contribution >= 4 is 5.97 Å². The van der Waals surface area contributed by atoms with Crippen molar-refractivity contribution in [1.82, 2.24) is 5.32 Å². The third-order valence-electron chi connectivity index (χ3n) is 4.12. The molecule has 0 spiro atoms. The van der Waals surface area contributed by atoms with E-state index in [4.69, 9.17) is 4.74 Å². The number of nitrogens with one attached hydrogen (secondary N) is 1. The van der Waals surface area contributed by atoms with Crippen molar-refractivity contribution in [2.24, 2.45) is 5.92 Å². The highest BCUT2D eigenvalue weighted by molar-refractivity contribution is 5.76. The molecule has 3 nitrogen and oxygen atoms in total. The van der Waals surface area contributed by atoms with E-state index in [2.05, 4.69) is 43.4 Å². The van der Waals surface area contributed by atoms with Gasteiger partial charge in [0.1, 0.15) is 6.04 Å². The van der Waals surface area contributed by atoms with E-state index < -0.39 is 0 Å². The van der Waals surface area contributed by atoms with Gasteiger partial charge in [-0.3, -0.25) is 10.1 Å². The molecule has 0 heterocycles. The molecule has 0 radical (unpaired) electrons. The molecule has 1 aromatic carbocycles. The number of fused-ring (bicyclic) bond motifs is 1. The van der Waals surface area contributed by atoms with E-state index in [1.54, 1.807) is 0 Å². The second-order valence-electron chi connectivity index (χ2n) is 5.91. The van der Waals surface area contributed by atoms with Crippen LogP contribution < -0.4 is 5.32 Å². The number of benzene rings is 1. The van der Waals surface area contributed by atoms with Crippen LogP contribution in [0.4, 0.5) is 0 Å². The maximum atomic E-state index is 11.9. The molecule has 1 aliphatic rings. The summed E-state index contributed by atoms with van der Waals surface area (Å²) in [6, 6.07) is 8.59. The number of methoxy groups -OCH3 is 1. The molecular formula is C17H25NO2. The van der Waals surface area contributed by atoms with Gasteiger partial charge in [-0.15, -0.1) is 0 Å². The maximum absolute atomic E-state index is 11.9. The molecule has 1 unspecified atom stereocenters. The fourth-order valence-corrected chi connectivity index (χ4v) is 2.97. The largest absolute Gasteiger partial charge is 0.468 e. The lowest BCUT2D eigenvalue weighted by Crippen LogP contribution is -2.43. The Balaban J connectivity index is 2.21. The molecule has 0 fully saturated rings. The van der Waals surface area contributed by atoms with Gasteiger partial charge < -0.3 is 4.74 Å². The van der Waals surface area contributed by atoms with Crippen molar-refractivity contribution in [3.63, 3.8) is 0 Å². The number of esters is 1. The Hall–Kier alpha value is -1.35. The standard InChI is InChI=1S/C17H25NO2/c1-12(2)16(17(19)20-3)18-15-11-7-5-9-13-8-4-6-10-14(13)15/h4,6,8,10,12,15-16,18H,5,7,9,11H2,1-3H3/t15?,16-/m0/s1. The summed E-state index contributed by atoms with van der Waals surface area (Å²) in [4.78, 5) is 11.9. The Labute approximate surface area is 121 Å². The zero-order valence-corrected chi connectivity index (χ0v) is 12.7. The number of rotatable bonds is 4. The summed E-state index contributed by atoms with van der Waals surface area (Å²) in [6.45, 7) is 4.11. The Kier molecular flexibility index (Phi) is 5.18. The van der Waals surface area contributed by atoms with E-state index in [1.165, 1.54) is 31.1 Å². The second kappa shape index (κ2) is 6.89. The van der Waals surface area contributed by atoms with Gasteiger partial charge in [-0.05, 0) is 36.3 Å². The monoisotopic (exact) mass is 275 g/mol. The first-order chi connectivity index (χ1) is 9.63. The average molecular weight is 275 g/mol. The first-order valence-electron chi connectivity index (χ1n) is 7.55. The zero-order chi connectivity index (χ0) is 14.5. The fraction of sp³-hybridized carbons (Fsp3) is 0.588. The molecule has 0 amide bonds. The molecule has 0 bridgehead atoms. The van der Waals surface area contributed by atoms with Crippen LogP contribution in [0.15, 0.2) is 24.3 Å². The summed E-state index contributed by atoms with van der Waals surface area (Å²) in [5.41, 5.74) is 2.76. The summed E-state index contributed by atoms with van der Waals surface area (Å²) in [5.74, 6) is 0.0552. The van der Waals surface area contributed by atoms with Gasteiger partial charge in [-0.25, -0.2) is 0 Å². The van der Waals surface area contributed by atoms with E-state index in [1.807, 2.05) is 0 Å². The summed E-state index contributed by atoms with van der Waals surface area (Å²) in [7, 11) is 1.46. The predicted molar refractivity (Wildman–Crippen MR) is 80.5 cm³/mol. The smallest absolute Gasteiger partial charge is 0.323 e. The van der Waals surface area contributed by atoms with Crippen molar-refractivity contribution < 1.29 is 9.53 Å². The van der Waals surface area contributed by atoms with Crippen molar-refractivity contribution in [2.75, 3.05) is 7.11 Å². The Morgan fingerprint density at radius 1 is 1.30 bits per heavy atom. The molecule has 2 atom stereocenters. The number of carbonyl (C=O) groups excluding carboxylic acids is 1. The summed E-state index contributed by atoms with van der Waals surface area (Å²) >= 11 is 0. The van der Waals surface area contributed by atoms with Crippen molar-refractivity contribution in [2.45, 2.75) is 51.6 Å². The Morgan fingerprint density at radius 3 is 2.75 bits per heavy atom. The number of aryl methyl sites for hydroxylation is 1. The molecule has 3 heteroatoms. The minimum absolute atomic E-state index is 0.165. The van der Waals surface area contributed by atoms with Gasteiger partial charge in [-0.1, -0.05) is 44.5 Å². The molecule has 0 aromatic heterocycles. The van der Waals surface area contributed by atoms with Gasteiger partial charge in [0.15, 0.2) is 0 Å². The second-order valence-corrected chi connectivity index (χ2v) is 5.91. The third-order valence-corrected chi connectivity index (χ3v) is 4.12. The van der Waals surface area contributed by atoms with Crippen molar-refractivity contribution in [3.05, 3.63) is 35.4 Å². The number of hydrogen-bond acceptors (Lipinski definition) is 3. The molecule has 0 saturated carbocycles. The van der Waals surface area contributed by atoms with Crippen LogP contribution in [0.3, 0.4) is 0 Å². The highest BCUT2D eigenvalue weighted by Gasteiger charge is 2.28. The van der Waals surface area contributed by atoms with Gasteiger partial charge in [0.2, 0.25) is 0 Å². The highest BCUT2D eigenvalue weighted by Crippen LogP contribution is 2.29. The molecule has 110 valence electrons. The summed E-state index contributed by atoms with van der Waals surface area (Å²) in [5, 5.41) is 3.53. The normalized spacial score (nSPS) is 20.1. The van der Waals surface area contributed by atoms with E-state index in [-0.39, 0.29) is 24.0 Å². The molecule has 0 saturated heterocycles. The van der Waals surface area contributed by atoms with Crippen LogP contribution in [-0.4, -0.2) is 19.1 Å². The van der Waals surface area contributed by atoms with Gasteiger partial charge in [0.05, 0.1) is 7.11 Å². The third kappa shape index (κ3) is 3.40.